The predicted molar refractivity (Wildman–Crippen MR) is 267 cm³/mol. The number of nitrogens with zero attached hydrogens (tertiary/aromatic N) is 1. The number of hydrogen-bond acceptors (Lipinski definition) is 2. The molecule has 0 saturated carbocycles. The van der Waals surface area contributed by atoms with Gasteiger partial charge >= 0.3 is 0 Å². The van der Waals surface area contributed by atoms with Gasteiger partial charge in [-0.1, -0.05) is 188 Å². The van der Waals surface area contributed by atoms with Crippen LogP contribution in [0.5, 0.6) is 0 Å². The van der Waals surface area contributed by atoms with Gasteiger partial charge in [0.25, 0.3) is 0 Å². The molecule has 1 aromatic heterocycles. The highest BCUT2D eigenvalue weighted by Gasteiger charge is 2.52. The van der Waals surface area contributed by atoms with Gasteiger partial charge in [0, 0.05) is 42.8 Å². The Morgan fingerprint density at radius 3 is 1.44 bits per heavy atom. The molecule has 1 nitrogen and oxygen atoms in total. The number of fused-ring (bicyclic) bond motifs is 14. The largest absolute Gasteiger partial charge is 0.310 e. The highest BCUT2D eigenvalue weighted by Crippen LogP contribution is 2.65. The monoisotopic (exact) mass is 817 g/mol. The topological polar surface area (TPSA) is 3.24 Å². The first-order valence-electron chi connectivity index (χ1n) is 21.7. The van der Waals surface area contributed by atoms with E-state index in [9.17, 15) is 0 Å². The summed E-state index contributed by atoms with van der Waals surface area (Å²) in [6, 6.07) is 87.7. The second kappa shape index (κ2) is 14.1. The summed E-state index contributed by atoms with van der Waals surface area (Å²) in [5.41, 5.74) is 20.7. The van der Waals surface area contributed by atoms with E-state index in [2.05, 4.69) is 241 Å². The molecular formula is C61H39NS. The molecule has 1 heterocycles. The molecule has 1 atom stereocenters. The third kappa shape index (κ3) is 5.42. The molecule has 63 heavy (non-hydrogen) atoms. The molecule has 0 N–H and O–H groups in total. The summed E-state index contributed by atoms with van der Waals surface area (Å²) in [7, 11) is 0. The molecule has 0 fully saturated rings. The fourth-order valence-electron chi connectivity index (χ4n) is 10.7. The van der Waals surface area contributed by atoms with E-state index in [0.29, 0.717) is 0 Å². The molecule has 0 amide bonds. The number of rotatable bonds is 6. The quantitative estimate of drug-likeness (QED) is 0.162. The molecule has 2 heteroatoms. The van der Waals surface area contributed by atoms with Gasteiger partial charge in [0.15, 0.2) is 0 Å². The van der Waals surface area contributed by atoms with Crippen LogP contribution < -0.4 is 4.90 Å². The molecule has 1 spiro atoms. The van der Waals surface area contributed by atoms with E-state index < -0.39 is 5.41 Å². The molecule has 10 aromatic carbocycles. The van der Waals surface area contributed by atoms with E-state index in [1.807, 2.05) is 11.3 Å². The van der Waals surface area contributed by atoms with Crippen LogP contribution in [-0.2, 0) is 5.41 Å². The van der Waals surface area contributed by atoms with Crippen molar-refractivity contribution in [2.45, 2.75) is 5.41 Å². The van der Waals surface area contributed by atoms with Crippen LogP contribution in [0.4, 0.5) is 17.1 Å². The molecule has 0 radical (unpaired) electrons. The van der Waals surface area contributed by atoms with E-state index >= 15 is 0 Å². The maximum Gasteiger partial charge on any atom is 0.0727 e. The third-order valence-electron chi connectivity index (χ3n) is 13.5. The minimum Gasteiger partial charge on any atom is -0.310 e. The molecule has 0 saturated heterocycles. The standard InChI is InChI=1S/C61H39NS/c1-4-14-40(15-5-1)43-24-29-46(30-25-43)62(47-31-26-44(27-32-47)41-16-6-2-7-17-41)48-33-35-50-49-34-28-45(42-18-8-3-9-19-42)38-56(49)61(57(50)39-48)54-22-12-10-21-53(54)59-55(61)37-36-52-51-20-11-13-23-58(51)63-60(52)59/h1-39H. The van der Waals surface area contributed by atoms with E-state index in [4.69, 9.17) is 0 Å². The lowest BCUT2D eigenvalue weighted by atomic mass is 9.70. The zero-order valence-electron chi connectivity index (χ0n) is 34.4. The zero-order valence-corrected chi connectivity index (χ0v) is 35.2. The van der Waals surface area contributed by atoms with Gasteiger partial charge in [-0.3, -0.25) is 0 Å². The molecule has 13 rings (SSSR count). The summed E-state index contributed by atoms with van der Waals surface area (Å²) in [6.07, 6.45) is 0. The van der Waals surface area contributed by atoms with Crippen LogP contribution in [0.25, 0.3) is 75.8 Å². The van der Waals surface area contributed by atoms with E-state index in [-0.39, 0.29) is 0 Å². The van der Waals surface area contributed by atoms with Crippen molar-refractivity contribution in [3.8, 4) is 55.6 Å². The van der Waals surface area contributed by atoms with Gasteiger partial charge in [-0.05, 0) is 121 Å². The predicted octanol–water partition coefficient (Wildman–Crippen LogP) is 16.9. The van der Waals surface area contributed by atoms with Gasteiger partial charge in [0.1, 0.15) is 0 Å². The van der Waals surface area contributed by atoms with Crippen LogP contribution >= 0.6 is 11.3 Å². The van der Waals surface area contributed by atoms with Crippen molar-refractivity contribution in [2.24, 2.45) is 0 Å². The molecule has 0 bridgehead atoms. The Balaban J connectivity index is 1.07. The smallest absolute Gasteiger partial charge is 0.0727 e. The summed E-state index contributed by atoms with van der Waals surface area (Å²) in [5, 5.41) is 2.65. The zero-order chi connectivity index (χ0) is 41.5. The lowest BCUT2D eigenvalue weighted by Crippen LogP contribution is -2.26. The summed E-state index contributed by atoms with van der Waals surface area (Å²) in [4.78, 5) is 2.44. The van der Waals surface area contributed by atoms with Gasteiger partial charge in [-0.15, -0.1) is 11.3 Å². The number of anilines is 3. The summed E-state index contributed by atoms with van der Waals surface area (Å²) >= 11 is 1.93. The third-order valence-corrected chi connectivity index (χ3v) is 14.7. The SMILES string of the molecule is c1ccc(-c2ccc(N(c3ccc(-c4ccccc4)cc3)c3ccc4c(c3)C3(c5cc(-c6ccccc6)ccc5-4)c4ccccc4-c4c3ccc3c4sc4ccccc43)cc2)cc1. The van der Waals surface area contributed by atoms with Gasteiger partial charge in [0.05, 0.1) is 5.41 Å². The first-order valence-corrected chi connectivity index (χ1v) is 22.6. The maximum absolute atomic E-state index is 2.51. The van der Waals surface area contributed by atoms with Gasteiger partial charge in [0.2, 0.25) is 0 Å². The van der Waals surface area contributed by atoms with Crippen LogP contribution in [0.15, 0.2) is 237 Å². The minimum atomic E-state index is -0.540. The average molecular weight is 818 g/mol. The van der Waals surface area contributed by atoms with Crippen molar-refractivity contribution >= 4 is 48.6 Å². The van der Waals surface area contributed by atoms with Crippen molar-refractivity contribution in [3.05, 3.63) is 259 Å². The summed E-state index contributed by atoms with van der Waals surface area (Å²) in [5.74, 6) is 0. The molecule has 0 aliphatic heterocycles. The van der Waals surface area contributed by atoms with Gasteiger partial charge in [-0.25, -0.2) is 0 Å². The van der Waals surface area contributed by atoms with Gasteiger partial charge < -0.3 is 4.90 Å². The molecule has 1 unspecified atom stereocenters. The fraction of sp³-hybridized carbons (Fsp3) is 0.0164. The normalized spacial score (nSPS) is 14.4. The molecule has 2 aliphatic rings. The van der Waals surface area contributed by atoms with Crippen LogP contribution in [-0.4, -0.2) is 0 Å². The Labute approximate surface area is 371 Å². The Kier molecular flexibility index (Phi) is 8.06. The van der Waals surface area contributed by atoms with Crippen molar-refractivity contribution < 1.29 is 0 Å². The summed E-state index contributed by atoms with van der Waals surface area (Å²) < 4.78 is 2.69. The van der Waals surface area contributed by atoms with Crippen LogP contribution in [0.3, 0.4) is 0 Å². The minimum absolute atomic E-state index is 0.540. The van der Waals surface area contributed by atoms with E-state index in [0.717, 1.165) is 17.1 Å². The second-order valence-electron chi connectivity index (χ2n) is 16.8. The second-order valence-corrected chi connectivity index (χ2v) is 17.8. The molecule has 11 aromatic rings. The fourth-order valence-corrected chi connectivity index (χ4v) is 12.0. The molecular weight excluding hydrogens is 779 g/mol. The number of benzene rings is 10. The molecule has 294 valence electrons. The Bertz CT molecular complexity index is 3450. The van der Waals surface area contributed by atoms with E-state index in [1.165, 1.54) is 98.1 Å². The van der Waals surface area contributed by atoms with Crippen molar-refractivity contribution in [1.82, 2.24) is 0 Å². The first kappa shape index (κ1) is 35.9. The Hall–Kier alpha value is -7.78. The number of thiophene rings is 1. The Morgan fingerprint density at radius 2 is 0.794 bits per heavy atom. The van der Waals surface area contributed by atoms with E-state index in [1.54, 1.807) is 0 Å². The lowest BCUT2D eigenvalue weighted by molar-refractivity contribution is 0.794. The molecule has 2 aliphatic carbocycles. The van der Waals surface area contributed by atoms with Crippen molar-refractivity contribution in [3.63, 3.8) is 0 Å². The first-order chi connectivity index (χ1) is 31.2. The van der Waals surface area contributed by atoms with Crippen molar-refractivity contribution in [2.75, 3.05) is 4.90 Å². The lowest BCUT2D eigenvalue weighted by Gasteiger charge is -2.32. The number of hydrogen-bond donors (Lipinski definition) is 0. The summed E-state index contributed by atoms with van der Waals surface area (Å²) in [6.45, 7) is 0. The van der Waals surface area contributed by atoms with Crippen LogP contribution in [0.1, 0.15) is 22.3 Å². The highest BCUT2D eigenvalue weighted by atomic mass is 32.1. The maximum atomic E-state index is 2.51. The van der Waals surface area contributed by atoms with Gasteiger partial charge in [-0.2, -0.15) is 0 Å². The Morgan fingerprint density at radius 1 is 0.302 bits per heavy atom. The van der Waals surface area contributed by atoms with Crippen molar-refractivity contribution in [1.29, 1.82) is 0 Å². The average Bonchev–Trinajstić information content (AvgIpc) is 3.99. The van der Waals surface area contributed by atoms with Crippen LogP contribution in [0, 0.1) is 0 Å². The highest BCUT2D eigenvalue weighted by molar-refractivity contribution is 7.26. The van der Waals surface area contributed by atoms with Crippen LogP contribution in [0.2, 0.25) is 0 Å².